The van der Waals surface area contributed by atoms with Gasteiger partial charge in [-0.15, -0.1) is 0 Å². The summed E-state index contributed by atoms with van der Waals surface area (Å²) in [7, 11) is 0. The van der Waals surface area contributed by atoms with Crippen molar-refractivity contribution in [1.29, 1.82) is 0 Å². The smallest absolute Gasteiger partial charge is 0.417 e. The van der Waals surface area contributed by atoms with Gasteiger partial charge in [-0.2, -0.15) is 18.2 Å². The zero-order valence-electron chi connectivity index (χ0n) is 27.3. The number of anilines is 1. The molecule has 4 aliphatic rings. The summed E-state index contributed by atoms with van der Waals surface area (Å²) in [4.78, 5) is 62.5. The van der Waals surface area contributed by atoms with Crippen molar-refractivity contribution in [3.8, 4) is 5.75 Å². The highest BCUT2D eigenvalue weighted by atomic mass is 35.5. The van der Waals surface area contributed by atoms with Crippen LogP contribution in [0, 0.1) is 23.7 Å². The number of phenols is 1. The standard InChI is InChI=1S/C38H29Cl2F3N4O5/c1-2-46-33(49)24-14-13-23-26(29(24)35(46)51)16-27-34(50)47(45-32-28(40)15-20(17-44-32)38(41,42)43)36(52)37(27,19-8-10-21(39)11-9-19)30(23)25-12-7-18-5-3-4-6-22(18)31(25)48/h3-13,15,17,24,26-27,29-30,48H,2,14,16H2,1H3,(H,44,45). The molecule has 6 atom stereocenters. The van der Waals surface area contributed by atoms with E-state index in [0.29, 0.717) is 39.4 Å². The summed E-state index contributed by atoms with van der Waals surface area (Å²) in [6.07, 6.45) is -2.15. The number of likely N-dealkylation sites (tertiary alicyclic amines) is 1. The second-order valence-corrected chi connectivity index (χ2v) is 14.4. The van der Waals surface area contributed by atoms with Gasteiger partial charge in [-0.05, 0) is 54.8 Å². The van der Waals surface area contributed by atoms with E-state index in [0.717, 1.165) is 10.4 Å². The Bertz CT molecular complexity index is 2250. The van der Waals surface area contributed by atoms with Gasteiger partial charge in [-0.3, -0.25) is 29.5 Å². The summed E-state index contributed by atoms with van der Waals surface area (Å²) < 4.78 is 40.3. The molecule has 2 saturated heterocycles. The fourth-order valence-electron chi connectivity index (χ4n) is 9.01. The fraction of sp³-hybridized carbons (Fsp3) is 0.289. The summed E-state index contributed by atoms with van der Waals surface area (Å²) >= 11 is 12.6. The lowest BCUT2D eigenvalue weighted by Gasteiger charge is -2.50. The second-order valence-electron chi connectivity index (χ2n) is 13.6. The van der Waals surface area contributed by atoms with E-state index in [4.69, 9.17) is 23.2 Å². The fourth-order valence-corrected chi connectivity index (χ4v) is 9.34. The van der Waals surface area contributed by atoms with E-state index in [1.807, 2.05) is 18.2 Å². The Balaban J connectivity index is 1.37. The Morgan fingerprint density at radius 3 is 2.38 bits per heavy atom. The van der Waals surface area contributed by atoms with Crippen molar-refractivity contribution in [2.24, 2.45) is 23.7 Å². The van der Waals surface area contributed by atoms with Crippen molar-refractivity contribution in [2.75, 3.05) is 12.0 Å². The number of nitrogens with one attached hydrogen (secondary N) is 1. The van der Waals surface area contributed by atoms with Crippen molar-refractivity contribution < 1.29 is 37.5 Å². The van der Waals surface area contributed by atoms with E-state index in [-0.39, 0.29) is 42.8 Å². The van der Waals surface area contributed by atoms with Crippen LogP contribution in [0.5, 0.6) is 5.75 Å². The second kappa shape index (κ2) is 12.1. The summed E-state index contributed by atoms with van der Waals surface area (Å²) in [5.41, 5.74) is 1.07. The highest BCUT2D eigenvalue weighted by molar-refractivity contribution is 6.33. The van der Waals surface area contributed by atoms with Crippen molar-refractivity contribution >= 4 is 63.4 Å². The van der Waals surface area contributed by atoms with E-state index in [9.17, 15) is 32.7 Å². The van der Waals surface area contributed by atoms with Crippen molar-refractivity contribution in [1.82, 2.24) is 14.9 Å². The average molecular weight is 750 g/mol. The van der Waals surface area contributed by atoms with Crippen LogP contribution >= 0.6 is 23.2 Å². The van der Waals surface area contributed by atoms with E-state index >= 15 is 4.79 Å². The van der Waals surface area contributed by atoms with Crippen LogP contribution in [0.2, 0.25) is 10.0 Å². The lowest BCUT2D eigenvalue weighted by molar-refractivity contribution is -0.141. The maximum absolute atomic E-state index is 15.3. The van der Waals surface area contributed by atoms with Crippen LogP contribution in [-0.4, -0.2) is 50.2 Å². The Labute approximate surface area is 305 Å². The van der Waals surface area contributed by atoms with Gasteiger partial charge in [0.05, 0.1) is 33.8 Å². The molecule has 1 aromatic heterocycles. The molecule has 9 nitrogen and oxygen atoms in total. The monoisotopic (exact) mass is 748 g/mol. The van der Waals surface area contributed by atoms with Gasteiger partial charge < -0.3 is 5.11 Å². The number of rotatable bonds is 5. The number of alkyl halides is 3. The normalized spacial score (nSPS) is 27.1. The number of aromatic hydroxyl groups is 1. The first-order valence-electron chi connectivity index (χ1n) is 16.7. The number of phenolic OH excluding ortho intramolecular Hbond substituents is 1. The first-order chi connectivity index (χ1) is 24.8. The van der Waals surface area contributed by atoms with Crippen LogP contribution in [0.4, 0.5) is 19.0 Å². The maximum Gasteiger partial charge on any atom is 0.417 e. The summed E-state index contributed by atoms with van der Waals surface area (Å²) in [5.74, 6) is -7.02. The predicted molar refractivity (Wildman–Crippen MR) is 185 cm³/mol. The lowest BCUT2D eigenvalue weighted by Crippen LogP contribution is -2.53. The van der Waals surface area contributed by atoms with Crippen molar-refractivity contribution in [2.45, 2.75) is 37.3 Å². The molecule has 14 heteroatoms. The van der Waals surface area contributed by atoms with Gasteiger partial charge >= 0.3 is 6.18 Å². The molecule has 0 spiro atoms. The molecule has 8 rings (SSSR count). The van der Waals surface area contributed by atoms with Crippen LogP contribution in [-0.2, 0) is 30.8 Å². The number of nitrogens with zero attached hydrogens (tertiary/aromatic N) is 3. The first kappa shape index (κ1) is 34.2. The van der Waals surface area contributed by atoms with Crippen LogP contribution in [0.1, 0.15) is 42.4 Å². The molecule has 2 N–H and O–H groups in total. The number of allylic oxidation sites excluding steroid dienone is 2. The molecule has 2 aliphatic heterocycles. The number of hydrogen-bond donors (Lipinski definition) is 2. The van der Waals surface area contributed by atoms with Gasteiger partial charge in [-0.1, -0.05) is 83.4 Å². The first-order valence-corrected chi connectivity index (χ1v) is 17.4. The molecule has 52 heavy (non-hydrogen) atoms. The number of hydrazine groups is 1. The minimum absolute atomic E-state index is 0.0199. The summed E-state index contributed by atoms with van der Waals surface area (Å²) in [5, 5.41) is 13.9. The zero-order chi connectivity index (χ0) is 36.9. The van der Waals surface area contributed by atoms with Crippen LogP contribution in [0.25, 0.3) is 10.8 Å². The Hall–Kier alpha value is -4.94. The molecular weight excluding hydrogens is 720 g/mol. The highest BCUT2D eigenvalue weighted by Gasteiger charge is 2.70. The van der Waals surface area contributed by atoms with Gasteiger partial charge in [0.2, 0.25) is 11.8 Å². The van der Waals surface area contributed by atoms with Gasteiger partial charge in [0.25, 0.3) is 11.8 Å². The molecule has 4 aromatic rings. The number of aromatic nitrogens is 1. The van der Waals surface area contributed by atoms with Crippen LogP contribution in [0.15, 0.2) is 84.6 Å². The molecule has 0 radical (unpaired) electrons. The number of carbonyl (C=O) groups excluding carboxylic acids is 4. The van der Waals surface area contributed by atoms with E-state index in [2.05, 4.69) is 10.4 Å². The maximum atomic E-state index is 15.3. The Morgan fingerprint density at radius 2 is 1.69 bits per heavy atom. The van der Waals surface area contributed by atoms with E-state index < -0.39 is 63.6 Å². The quantitative estimate of drug-likeness (QED) is 0.163. The average Bonchev–Trinajstić information content (AvgIpc) is 3.49. The van der Waals surface area contributed by atoms with Gasteiger partial charge in [0.1, 0.15) is 5.75 Å². The number of amides is 4. The number of pyridine rings is 1. The topological polar surface area (TPSA) is 120 Å². The van der Waals surface area contributed by atoms with Crippen molar-refractivity contribution in [3.05, 3.63) is 111 Å². The van der Waals surface area contributed by atoms with Crippen LogP contribution in [0.3, 0.4) is 0 Å². The largest absolute Gasteiger partial charge is 0.507 e. The third-order valence-corrected chi connectivity index (χ3v) is 11.7. The molecule has 3 heterocycles. The summed E-state index contributed by atoms with van der Waals surface area (Å²) in [6, 6.07) is 17.7. The van der Waals surface area contributed by atoms with Crippen LogP contribution < -0.4 is 5.43 Å². The van der Waals surface area contributed by atoms with Crippen molar-refractivity contribution in [3.63, 3.8) is 0 Å². The van der Waals surface area contributed by atoms with Gasteiger partial charge in [0.15, 0.2) is 5.82 Å². The molecule has 0 bridgehead atoms. The number of benzene rings is 3. The number of halogens is 5. The lowest BCUT2D eigenvalue weighted by atomic mass is 9.49. The number of fused-ring (bicyclic) bond motifs is 5. The third-order valence-electron chi connectivity index (χ3n) is 11.2. The molecule has 4 amide bonds. The molecule has 3 fully saturated rings. The molecule has 3 aromatic carbocycles. The highest BCUT2D eigenvalue weighted by Crippen LogP contribution is 2.65. The van der Waals surface area contributed by atoms with E-state index in [1.165, 1.54) is 4.90 Å². The zero-order valence-corrected chi connectivity index (χ0v) is 28.8. The minimum Gasteiger partial charge on any atom is -0.507 e. The Morgan fingerprint density at radius 1 is 0.962 bits per heavy atom. The van der Waals surface area contributed by atoms with Gasteiger partial charge in [0, 0.05) is 34.6 Å². The third kappa shape index (κ3) is 4.80. The number of imide groups is 2. The summed E-state index contributed by atoms with van der Waals surface area (Å²) in [6.45, 7) is 1.89. The van der Waals surface area contributed by atoms with Gasteiger partial charge in [-0.25, -0.2) is 4.98 Å². The SMILES string of the molecule is CCN1C(=O)C2CC=C3C(CC4C(=O)N(Nc5ncc(C(F)(F)F)cc5Cl)C(=O)C4(c4ccc(Cl)cc4)C3c3ccc4ccccc4c3O)C2C1=O. The van der Waals surface area contributed by atoms with E-state index in [1.54, 1.807) is 55.5 Å². The number of carbonyl (C=O) groups is 4. The molecule has 6 unspecified atom stereocenters. The predicted octanol–water partition coefficient (Wildman–Crippen LogP) is 7.27. The Kier molecular flexibility index (Phi) is 7.92. The minimum atomic E-state index is -4.74. The molecular formula is C38H29Cl2F3N4O5. The molecule has 2 aliphatic carbocycles. The molecule has 1 saturated carbocycles. The molecule has 266 valence electrons. The number of hydrogen-bond acceptors (Lipinski definition) is 7.